The summed E-state index contributed by atoms with van der Waals surface area (Å²) in [5.41, 5.74) is 0.800. The summed E-state index contributed by atoms with van der Waals surface area (Å²) in [4.78, 5) is 34.9. The third kappa shape index (κ3) is 4.48. The Hall–Kier alpha value is -2.49. The smallest absolute Gasteiger partial charge is 0.261 e. The largest absolute Gasteiger partial charge is 0.497 e. The summed E-state index contributed by atoms with van der Waals surface area (Å²) < 4.78 is 5.29. The zero-order valence-corrected chi connectivity index (χ0v) is 18.2. The Morgan fingerprint density at radius 2 is 2.00 bits per heavy atom. The minimum Gasteiger partial charge on any atom is -0.497 e. The number of hydrogen-bond acceptors (Lipinski definition) is 8. The lowest BCUT2D eigenvalue weighted by Gasteiger charge is -2.31. The maximum absolute atomic E-state index is 12.7. The van der Waals surface area contributed by atoms with E-state index in [1.807, 2.05) is 25.1 Å². The van der Waals surface area contributed by atoms with E-state index in [0.29, 0.717) is 34.2 Å². The number of carbonyl (C=O) groups excluding carboxylic acids is 2. The molecule has 156 valence electrons. The van der Waals surface area contributed by atoms with E-state index in [4.69, 9.17) is 4.74 Å². The van der Waals surface area contributed by atoms with E-state index < -0.39 is 0 Å². The van der Waals surface area contributed by atoms with E-state index in [1.54, 1.807) is 19.2 Å². The normalized spacial score (nSPS) is 18.1. The lowest BCUT2D eigenvalue weighted by Crippen LogP contribution is -2.46. The highest BCUT2D eigenvalue weighted by atomic mass is 32.2. The number of aryl methyl sites for hydroxylation is 1. The molecular formula is C21H21N3O4S2. The molecule has 0 spiro atoms. The molecule has 2 heterocycles. The van der Waals surface area contributed by atoms with Crippen molar-refractivity contribution in [3.63, 3.8) is 0 Å². The highest BCUT2D eigenvalue weighted by Crippen LogP contribution is 2.30. The number of aliphatic hydroxyl groups excluding tert-OH is 1. The second-order valence-electron chi connectivity index (χ2n) is 7.13. The fourth-order valence-corrected chi connectivity index (χ4v) is 5.08. The van der Waals surface area contributed by atoms with Gasteiger partial charge in [-0.2, -0.15) is 0 Å². The van der Waals surface area contributed by atoms with Crippen LogP contribution in [-0.2, 0) is 0 Å². The Kier molecular flexibility index (Phi) is 6.03. The first-order valence-electron chi connectivity index (χ1n) is 9.50. The second kappa shape index (κ2) is 8.71. The fraction of sp³-hybridized carbons (Fsp3) is 0.333. The standard InChI is InChI=1S/C21H21N3O4S2/c1-11-22-16-4-3-14(28-2)9-15(16)21(23-11)29-10-17(26)18-5-6-19(30-18)20(27)24-12-7-13(25)8-12/h3-6,9,12-13,25H,7-8,10H2,1-2H3,(H,24,27). The maximum atomic E-state index is 12.7. The van der Waals surface area contributed by atoms with Gasteiger partial charge in [-0.15, -0.1) is 11.3 Å². The van der Waals surface area contributed by atoms with Gasteiger partial charge < -0.3 is 15.2 Å². The molecule has 2 N–H and O–H groups in total. The van der Waals surface area contributed by atoms with Crippen LogP contribution in [0.25, 0.3) is 10.9 Å². The second-order valence-corrected chi connectivity index (χ2v) is 9.18. The first kappa shape index (κ1) is 20.8. The van der Waals surface area contributed by atoms with Gasteiger partial charge in [0.25, 0.3) is 5.91 Å². The number of Topliss-reactive ketones (excluding diaryl/α,β-unsaturated/α-hetero) is 1. The lowest BCUT2D eigenvalue weighted by atomic mass is 9.89. The zero-order valence-electron chi connectivity index (χ0n) is 16.5. The van der Waals surface area contributed by atoms with Gasteiger partial charge >= 0.3 is 0 Å². The van der Waals surface area contributed by atoms with Crippen molar-refractivity contribution >= 4 is 45.7 Å². The summed E-state index contributed by atoms with van der Waals surface area (Å²) in [5.74, 6) is 1.29. The molecule has 30 heavy (non-hydrogen) atoms. The van der Waals surface area contributed by atoms with Crippen molar-refractivity contribution in [2.75, 3.05) is 12.9 Å². The molecule has 0 atom stereocenters. The van der Waals surface area contributed by atoms with Crippen molar-refractivity contribution in [1.29, 1.82) is 0 Å². The lowest BCUT2D eigenvalue weighted by molar-refractivity contribution is 0.0564. The number of aliphatic hydroxyl groups is 1. The number of thioether (sulfide) groups is 1. The Bertz CT molecular complexity index is 1110. The quantitative estimate of drug-likeness (QED) is 0.328. The number of amides is 1. The van der Waals surface area contributed by atoms with Crippen molar-refractivity contribution in [3.8, 4) is 5.75 Å². The van der Waals surface area contributed by atoms with E-state index in [-0.39, 0.29) is 29.6 Å². The third-order valence-electron chi connectivity index (χ3n) is 4.87. The summed E-state index contributed by atoms with van der Waals surface area (Å²) in [7, 11) is 1.60. The number of nitrogens with zero attached hydrogens (tertiary/aromatic N) is 2. The van der Waals surface area contributed by atoms with Gasteiger partial charge in [0, 0.05) is 11.4 Å². The minimum atomic E-state index is -0.325. The zero-order chi connectivity index (χ0) is 21.3. The van der Waals surface area contributed by atoms with Gasteiger partial charge in [0.05, 0.1) is 34.2 Å². The van der Waals surface area contributed by atoms with Crippen LogP contribution in [0.4, 0.5) is 0 Å². The van der Waals surface area contributed by atoms with Crippen molar-refractivity contribution in [1.82, 2.24) is 15.3 Å². The Morgan fingerprint density at radius 3 is 2.73 bits per heavy atom. The molecule has 0 radical (unpaired) electrons. The topological polar surface area (TPSA) is 101 Å². The van der Waals surface area contributed by atoms with Gasteiger partial charge in [-0.05, 0) is 50.1 Å². The number of aromatic nitrogens is 2. The van der Waals surface area contributed by atoms with E-state index in [1.165, 1.54) is 23.1 Å². The van der Waals surface area contributed by atoms with Gasteiger partial charge in [0.15, 0.2) is 5.78 Å². The van der Waals surface area contributed by atoms with Crippen molar-refractivity contribution in [3.05, 3.63) is 45.9 Å². The van der Waals surface area contributed by atoms with Crippen molar-refractivity contribution in [2.45, 2.75) is 36.9 Å². The van der Waals surface area contributed by atoms with Gasteiger partial charge in [-0.1, -0.05) is 11.8 Å². The van der Waals surface area contributed by atoms with Crippen LogP contribution < -0.4 is 10.1 Å². The molecule has 1 aromatic carbocycles. The SMILES string of the molecule is COc1ccc2nc(C)nc(SCC(=O)c3ccc(C(=O)NC4CC(O)C4)s3)c2c1. The molecule has 0 unspecified atom stereocenters. The Morgan fingerprint density at radius 1 is 1.23 bits per heavy atom. The van der Waals surface area contributed by atoms with Gasteiger partial charge in [0.2, 0.25) is 0 Å². The van der Waals surface area contributed by atoms with Crippen LogP contribution in [0.2, 0.25) is 0 Å². The number of thiophene rings is 1. The fourth-order valence-electron chi connectivity index (χ4n) is 3.20. The van der Waals surface area contributed by atoms with E-state index in [9.17, 15) is 14.7 Å². The molecule has 0 aliphatic heterocycles. The summed E-state index contributed by atoms with van der Waals surface area (Å²) >= 11 is 2.53. The maximum Gasteiger partial charge on any atom is 0.261 e. The van der Waals surface area contributed by atoms with Crippen LogP contribution in [-0.4, -0.2) is 51.8 Å². The van der Waals surface area contributed by atoms with Crippen LogP contribution in [0.1, 0.15) is 38.0 Å². The molecule has 0 bridgehead atoms. The average molecular weight is 444 g/mol. The number of rotatable bonds is 7. The molecule has 9 heteroatoms. The van der Waals surface area contributed by atoms with Crippen LogP contribution in [0.5, 0.6) is 5.75 Å². The first-order valence-corrected chi connectivity index (χ1v) is 11.3. The van der Waals surface area contributed by atoms with Crippen molar-refractivity contribution < 1.29 is 19.4 Å². The molecule has 1 aliphatic rings. The third-order valence-corrected chi connectivity index (χ3v) is 6.99. The van der Waals surface area contributed by atoms with Crippen LogP contribution in [0.3, 0.4) is 0 Å². The number of carbonyl (C=O) groups is 2. The predicted molar refractivity (Wildman–Crippen MR) is 117 cm³/mol. The summed E-state index contributed by atoms with van der Waals surface area (Å²) in [5, 5.41) is 13.8. The highest BCUT2D eigenvalue weighted by Gasteiger charge is 2.29. The van der Waals surface area contributed by atoms with Crippen LogP contribution >= 0.6 is 23.1 Å². The number of methoxy groups -OCH3 is 1. The predicted octanol–water partition coefficient (Wildman–Crippen LogP) is 3.24. The molecule has 1 aliphatic carbocycles. The van der Waals surface area contributed by atoms with E-state index in [2.05, 4.69) is 15.3 Å². The van der Waals surface area contributed by atoms with Gasteiger partial charge in [0.1, 0.15) is 16.6 Å². The van der Waals surface area contributed by atoms with E-state index in [0.717, 1.165) is 15.9 Å². The molecular weight excluding hydrogens is 422 g/mol. The van der Waals surface area contributed by atoms with Crippen LogP contribution in [0, 0.1) is 6.92 Å². The summed E-state index contributed by atoms with van der Waals surface area (Å²) in [6, 6.07) is 8.95. The molecule has 3 aromatic rings. The summed E-state index contributed by atoms with van der Waals surface area (Å²) in [6.45, 7) is 1.82. The molecule has 0 saturated heterocycles. The van der Waals surface area contributed by atoms with Crippen molar-refractivity contribution in [2.24, 2.45) is 0 Å². The first-order chi connectivity index (χ1) is 14.4. The summed E-state index contributed by atoms with van der Waals surface area (Å²) in [6.07, 6.45) is 0.835. The number of benzene rings is 1. The highest BCUT2D eigenvalue weighted by molar-refractivity contribution is 8.00. The number of fused-ring (bicyclic) bond motifs is 1. The van der Waals surface area contributed by atoms with Gasteiger partial charge in [-0.3, -0.25) is 9.59 Å². The molecule has 1 fully saturated rings. The number of hydrogen-bond donors (Lipinski definition) is 2. The Balaban J connectivity index is 1.44. The molecule has 1 saturated carbocycles. The average Bonchev–Trinajstić information content (AvgIpc) is 3.20. The number of nitrogens with one attached hydrogen (secondary N) is 1. The molecule has 2 aromatic heterocycles. The number of ketones is 1. The monoisotopic (exact) mass is 443 g/mol. The molecule has 4 rings (SSSR count). The number of ether oxygens (including phenoxy) is 1. The van der Waals surface area contributed by atoms with E-state index >= 15 is 0 Å². The van der Waals surface area contributed by atoms with Crippen LogP contribution in [0.15, 0.2) is 35.4 Å². The molecule has 1 amide bonds. The van der Waals surface area contributed by atoms with Gasteiger partial charge in [-0.25, -0.2) is 9.97 Å². The minimum absolute atomic E-state index is 0.00980. The Labute approximate surface area is 181 Å². The molecule has 7 nitrogen and oxygen atoms in total.